The number of nitrogens with zero attached hydrogens (tertiary/aromatic N) is 3. The summed E-state index contributed by atoms with van der Waals surface area (Å²) >= 11 is 0. The molecule has 42 heavy (non-hydrogen) atoms. The molecule has 3 aromatic carbocycles. The summed E-state index contributed by atoms with van der Waals surface area (Å²) in [5.41, 5.74) is 2.32. The van der Waals surface area contributed by atoms with Gasteiger partial charge in [-0.1, -0.05) is 48.5 Å². The van der Waals surface area contributed by atoms with E-state index in [2.05, 4.69) is 10.2 Å². The molecule has 9 heteroatoms. The average Bonchev–Trinajstić information content (AvgIpc) is 3.00. The van der Waals surface area contributed by atoms with Crippen LogP contribution in [0.15, 0.2) is 96.2 Å². The molecule has 0 aliphatic carbocycles. The minimum Gasteiger partial charge on any atom is -0.463 e. The highest BCUT2D eigenvalue weighted by atomic mass is 16.5. The number of benzene rings is 3. The van der Waals surface area contributed by atoms with Crippen LogP contribution >= 0.6 is 0 Å². The van der Waals surface area contributed by atoms with Crippen molar-refractivity contribution in [2.24, 2.45) is 0 Å². The van der Waals surface area contributed by atoms with Crippen LogP contribution in [0.5, 0.6) is 11.5 Å². The van der Waals surface area contributed by atoms with E-state index >= 15 is 0 Å². The Morgan fingerprint density at radius 2 is 1.62 bits per heavy atom. The predicted octanol–water partition coefficient (Wildman–Crippen LogP) is 4.84. The molecule has 0 bridgehead atoms. The Morgan fingerprint density at radius 3 is 2.31 bits per heavy atom. The monoisotopic (exact) mass is 568 g/mol. The van der Waals surface area contributed by atoms with Crippen molar-refractivity contribution in [1.29, 1.82) is 0 Å². The summed E-state index contributed by atoms with van der Waals surface area (Å²) in [6.07, 6.45) is 0. The van der Waals surface area contributed by atoms with Gasteiger partial charge in [0.25, 0.3) is 5.91 Å². The zero-order valence-electron chi connectivity index (χ0n) is 24.2. The van der Waals surface area contributed by atoms with Crippen LogP contribution in [0.1, 0.15) is 35.8 Å². The predicted molar refractivity (Wildman–Crippen MR) is 159 cm³/mol. The van der Waals surface area contributed by atoms with Crippen molar-refractivity contribution in [3.05, 3.63) is 107 Å². The smallest absolute Gasteiger partial charge is 0.338 e. The zero-order valence-corrected chi connectivity index (χ0v) is 24.2. The molecule has 9 nitrogen and oxygen atoms in total. The number of likely N-dealkylation sites (N-methyl/N-ethyl adjacent to an activating group) is 1. The van der Waals surface area contributed by atoms with E-state index in [1.54, 1.807) is 14.0 Å². The fourth-order valence-electron chi connectivity index (χ4n) is 5.47. The van der Waals surface area contributed by atoms with Crippen LogP contribution < -0.4 is 10.1 Å². The number of hydrogen-bond donors (Lipinski definition) is 1. The SMILES string of the molecule is CCOC(=O)C1=C(CN2CCN(C(=O)c3ccccc3)[C@@H](C)C2)N(C)C(=O)N[C@@H]1c1cccc(Oc2ccccc2)c1. The summed E-state index contributed by atoms with van der Waals surface area (Å²) in [5, 5.41) is 2.98. The Labute approximate surface area is 246 Å². The Bertz CT molecular complexity index is 1460. The van der Waals surface area contributed by atoms with Crippen LogP contribution in [-0.2, 0) is 9.53 Å². The molecule has 1 N–H and O–H groups in total. The number of urea groups is 1. The van der Waals surface area contributed by atoms with Crippen molar-refractivity contribution in [1.82, 2.24) is 20.0 Å². The van der Waals surface area contributed by atoms with Crippen molar-refractivity contribution in [2.45, 2.75) is 25.9 Å². The van der Waals surface area contributed by atoms with Gasteiger partial charge in [0.2, 0.25) is 0 Å². The zero-order chi connectivity index (χ0) is 29.6. The van der Waals surface area contributed by atoms with Crippen molar-refractivity contribution in [3.8, 4) is 11.5 Å². The van der Waals surface area contributed by atoms with Crippen molar-refractivity contribution in [2.75, 3.05) is 39.8 Å². The lowest BCUT2D eigenvalue weighted by molar-refractivity contribution is -0.139. The van der Waals surface area contributed by atoms with Gasteiger partial charge in [-0.15, -0.1) is 0 Å². The molecule has 0 radical (unpaired) electrons. The maximum absolute atomic E-state index is 13.5. The van der Waals surface area contributed by atoms with E-state index in [0.29, 0.717) is 60.1 Å². The fraction of sp³-hybridized carbons (Fsp3) is 0.303. The normalized spacial score (nSPS) is 19.4. The molecule has 5 rings (SSSR count). The number of ether oxygens (including phenoxy) is 2. The standard InChI is InChI=1S/C33H36N4O5/c1-4-41-32(39)29-28(22-36-18-19-37(23(2)21-36)31(38)24-12-7-5-8-13-24)35(3)33(40)34-30(29)25-14-11-17-27(20-25)42-26-15-9-6-10-16-26/h5-17,20,23,30H,4,18-19,21-22H2,1-3H3,(H,34,40)/t23-,30+/m0/s1. The topological polar surface area (TPSA) is 91.4 Å². The number of hydrogen-bond acceptors (Lipinski definition) is 6. The van der Waals surface area contributed by atoms with Gasteiger partial charge in [0.1, 0.15) is 11.5 Å². The van der Waals surface area contributed by atoms with Crippen molar-refractivity contribution < 1.29 is 23.9 Å². The molecule has 1 saturated heterocycles. The van der Waals surface area contributed by atoms with E-state index in [4.69, 9.17) is 9.47 Å². The van der Waals surface area contributed by atoms with Gasteiger partial charge >= 0.3 is 12.0 Å². The highest BCUT2D eigenvalue weighted by molar-refractivity contribution is 5.95. The Hall–Kier alpha value is -4.63. The van der Waals surface area contributed by atoms with Crippen molar-refractivity contribution in [3.63, 3.8) is 0 Å². The van der Waals surface area contributed by atoms with Crippen LogP contribution in [0.25, 0.3) is 0 Å². The first kappa shape index (κ1) is 28.9. The van der Waals surface area contributed by atoms with Crippen LogP contribution in [0.2, 0.25) is 0 Å². The Balaban J connectivity index is 1.42. The van der Waals surface area contributed by atoms with E-state index in [9.17, 15) is 14.4 Å². The van der Waals surface area contributed by atoms with E-state index in [0.717, 1.165) is 0 Å². The van der Waals surface area contributed by atoms with Gasteiger partial charge in [-0.05, 0) is 55.8 Å². The number of amides is 3. The molecule has 0 unspecified atom stereocenters. The average molecular weight is 569 g/mol. The van der Waals surface area contributed by atoms with Gasteiger partial charge in [-0.3, -0.25) is 14.6 Å². The maximum Gasteiger partial charge on any atom is 0.338 e. The van der Waals surface area contributed by atoms with Crippen LogP contribution in [0.3, 0.4) is 0 Å². The van der Waals surface area contributed by atoms with Gasteiger partial charge in [-0.2, -0.15) is 0 Å². The summed E-state index contributed by atoms with van der Waals surface area (Å²) < 4.78 is 11.5. The molecule has 218 valence electrons. The van der Waals surface area contributed by atoms with Gasteiger partial charge in [0, 0.05) is 50.5 Å². The molecule has 2 aliphatic rings. The summed E-state index contributed by atoms with van der Waals surface area (Å²) in [6, 6.07) is 25.0. The number of carbonyl (C=O) groups is 3. The first-order chi connectivity index (χ1) is 20.4. The van der Waals surface area contributed by atoms with E-state index < -0.39 is 12.0 Å². The molecule has 3 amide bonds. The summed E-state index contributed by atoms with van der Waals surface area (Å²) in [6.45, 7) is 6.07. The number of carbonyl (C=O) groups excluding carboxylic acids is 3. The molecule has 0 spiro atoms. The molecular weight excluding hydrogens is 532 g/mol. The lowest BCUT2D eigenvalue weighted by atomic mass is 9.94. The molecule has 1 fully saturated rings. The number of piperazine rings is 1. The molecule has 2 atom stereocenters. The first-order valence-electron chi connectivity index (χ1n) is 14.2. The van der Waals surface area contributed by atoms with Gasteiger partial charge in [0.05, 0.1) is 18.2 Å². The second kappa shape index (κ2) is 12.9. The minimum absolute atomic E-state index is 0.000933. The minimum atomic E-state index is -0.722. The Kier molecular flexibility index (Phi) is 8.88. The fourth-order valence-corrected chi connectivity index (χ4v) is 5.47. The molecule has 0 saturated carbocycles. The van der Waals surface area contributed by atoms with E-state index in [-0.39, 0.29) is 24.6 Å². The number of nitrogens with one attached hydrogen (secondary N) is 1. The van der Waals surface area contributed by atoms with Crippen LogP contribution in [0.4, 0.5) is 4.79 Å². The molecule has 0 aromatic heterocycles. The number of rotatable bonds is 8. The number of esters is 1. The third-order valence-electron chi connectivity index (χ3n) is 7.61. The third kappa shape index (κ3) is 6.31. The largest absolute Gasteiger partial charge is 0.463 e. The third-order valence-corrected chi connectivity index (χ3v) is 7.61. The van der Waals surface area contributed by atoms with Gasteiger partial charge < -0.3 is 19.7 Å². The highest BCUT2D eigenvalue weighted by Gasteiger charge is 2.38. The van der Waals surface area contributed by atoms with Crippen molar-refractivity contribution >= 4 is 17.9 Å². The maximum atomic E-state index is 13.5. The molecule has 2 heterocycles. The summed E-state index contributed by atoms with van der Waals surface area (Å²) in [7, 11) is 1.66. The van der Waals surface area contributed by atoms with Crippen LogP contribution in [0, 0.1) is 0 Å². The van der Waals surface area contributed by atoms with E-state index in [1.165, 1.54) is 4.90 Å². The second-order valence-electron chi connectivity index (χ2n) is 10.5. The molecule has 3 aromatic rings. The highest BCUT2D eigenvalue weighted by Crippen LogP contribution is 2.34. The first-order valence-corrected chi connectivity index (χ1v) is 14.2. The summed E-state index contributed by atoms with van der Waals surface area (Å²) in [5.74, 6) is 0.790. The number of para-hydroxylation sites is 1. The molecular formula is C33H36N4O5. The quantitative estimate of drug-likeness (QED) is 0.391. The molecule has 2 aliphatic heterocycles. The van der Waals surface area contributed by atoms with Crippen LogP contribution in [-0.4, -0.2) is 78.5 Å². The van der Waals surface area contributed by atoms with Gasteiger partial charge in [0.15, 0.2) is 0 Å². The lowest BCUT2D eigenvalue weighted by Gasteiger charge is -2.42. The van der Waals surface area contributed by atoms with Gasteiger partial charge in [-0.25, -0.2) is 9.59 Å². The second-order valence-corrected chi connectivity index (χ2v) is 10.5. The Morgan fingerprint density at radius 1 is 0.929 bits per heavy atom. The lowest BCUT2D eigenvalue weighted by Crippen LogP contribution is -2.56. The summed E-state index contributed by atoms with van der Waals surface area (Å²) in [4.78, 5) is 45.3. The van der Waals surface area contributed by atoms with E-state index in [1.807, 2.05) is 96.8 Å².